The summed E-state index contributed by atoms with van der Waals surface area (Å²) in [4.78, 5) is 10.8. The topological polar surface area (TPSA) is 35.1 Å². The van der Waals surface area contributed by atoms with E-state index in [9.17, 15) is 4.79 Å². The van der Waals surface area contributed by atoms with Gasteiger partial charge in [0.15, 0.2) is 6.29 Å². The number of carbonyl (C=O) groups excluding carboxylic acids is 1. The molecule has 2 aromatic heterocycles. The van der Waals surface area contributed by atoms with Crippen LogP contribution < -0.4 is 0 Å². The van der Waals surface area contributed by atoms with Crippen molar-refractivity contribution in [3.8, 4) is 0 Å². The first-order chi connectivity index (χ1) is 7.70. The molecule has 3 aromatic rings. The zero-order chi connectivity index (χ0) is 11.3. The minimum atomic E-state index is 0.635. The molecule has 0 N–H and O–H groups in total. The van der Waals surface area contributed by atoms with Crippen molar-refractivity contribution in [3.63, 3.8) is 0 Å². The fraction of sp³-hybridized carbons (Fsp3) is 0.154. The summed E-state index contributed by atoms with van der Waals surface area (Å²) in [5.74, 6) is 0. The Morgan fingerprint density at radius 1 is 1.25 bits per heavy atom. The van der Waals surface area contributed by atoms with Gasteiger partial charge < -0.3 is 8.98 Å². The van der Waals surface area contributed by atoms with Crippen molar-refractivity contribution in [2.24, 2.45) is 7.05 Å². The Balaban J connectivity index is 2.49. The van der Waals surface area contributed by atoms with Crippen LogP contribution in [0.2, 0.25) is 0 Å². The van der Waals surface area contributed by atoms with Crippen molar-refractivity contribution < 1.29 is 9.21 Å². The van der Waals surface area contributed by atoms with Gasteiger partial charge in [0.05, 0.1) is 5.69 Å². The van der Waals surface area contributed by atoms with E-state index in [-0.39, 0.29) is 0 Å². The van der Waals surface area contributed by atoms with Gasteiger partial charge in [-0.25, -0.2) is 0 Å². The van der Waals surface area contributed by atoms with Crippen LogP contribution in [0.15, 0.2) is 28.7 Å². The summed E-state index contributed by atoms with van der Waals surface area (Å²) in [5.41, 5.74) is 3.43. The maximum Gasteiger partial charge on any atom is 0.208 e. The van der Waals surface area contributed by atoms with Crippen LogP contribution in [-0.4, -0.2) is 10.9 Å². The van der Waals surface area contributed by atoms with Gasteiger partial charge >= 0.3 is 0 Å². The van der Waals surface area contributed by atoms with Gasteiger partial charge in [-0.05, 0) is 24.6 Å². The third-order valence-electron chi connectivity index (χ3n) is 2.97. The van der Waals surface area contributed by atoms with Crippen LogP contribution in [0, 0.1) is 6.92 Å². The number of aryl methyl sites for hydroxylation is 2. The number of hydrogen-bond donors (Lipinski definition) is 0. The maximum absolute atomic E-state index is 10.8. The quantitative estimate of drug-likeness (QED) is 0.582. The van der Waals surface area contributed by atoms with E-state index in [0.29, 0.717) is 5.69 Å². The molecule has 0 saturated heterocycles. The molecule has 3 nitrogen and oxygen atoms in total. The molecule has 0 spiro atoms. The van der Waals surface area contributed by atoms with Crippen LogP contribution in [0.1, 0.15) is 16.1 Å². The van der Waals surface area contributed by atoms with Gasteiger partial charge in [0, 0.05) is 17.8 Å². The Kier molecular flexibility index (Phi) is 1.72. The number of rotatable bonds is 1. The van der Waals surface area contributed by atoms with Crippen molar-refractivity contribution in [2.45, 2.75) is 6.92 Å². The van der Waals surface area contributed by atoms with E-state index in [1.807, 2.05) is 38.2 Å². The maximum atomic E-state index is 10.8. The number of nitrogens with zero attached hydrogens (tertiary/aromatic N) is 1. The van der Waals surface area contributed by atoms with Crippen molar-refractivity contribution in [2.75, 3.05) is 0 Å². The predicted octanol–water partition coefficient (Wildman–Crippen LogP) is 3.05. The Bertz CT molecular complexity index is 703. The summed E-state index contributed by atoms with van der Waals surface area (Å²) in [7, 11) is 1.83. The highest BCUT2D eigenvalue weighted by molar-refractivity contribution is 6.06. The average molecular weight is 213 g/mol. The largest absolute Gasteiger partial charge is 0.440 e. The molecule has 0 unspecified atom stereocenters. The minimum Gasteiger partial charge on any atom is -0.440 e. The number of fused-ring (bicyclic) bond motifs is 3. The number of hydrogen-bond acceptors (Lipinski definition) is 2. The van der Waals surface area contributed by atoms with E-state index >= 15 is 0 Å². The Morgan fingerprint density at radius 3 is 2.81 bits per heavy atom. The van der Waals surface area contributed by atoms with E-state index in [2.05, 4.69) is 0 Å². The summed E-state index contributed by atoms with van der Waals surface area (Å²) in [6.45, 7) is 2.03. The number of benzene rings is 1. The first-order valence-corrected chi connectivity index (χ1v) is 5.14. The van der Waals surface area contributed by atoms with Gasteiger partial charge in [0.25, 0.3) is 0 Å². The summed E-state index contributed by atoms with van der Waals surface area (Å²) in [6, 6.07) is 7.95. The van der Waals surface area contributed by atoms with Crippen LogP contribution >= 0.6 is 0 Å². The summed E-state index contributed by atoms with van der Waals surface area (Å²) in [5, 5.41) is 2.06. The second-order valence-corrected chi connectivity index (χ2v) is 4.07. The summed E-state index contributed by atoms with van der Waals surface area (Å²) < 4.78 is 7.53. The van der Waals surface area contributed by atoms with Gasteiger partial charge in [0.2, 0.25) is 5.71 Å². The van der Waals surface area contributed by atoms with E-state index < -0.39 is 0 Å². The zero-order valence-electron chi connectivity index (χ0n) is 9.15. The van der Waals surface area contributed by atoms with Crippen LogP contribution in [0.4, 0.5) is 0 Å². The lowest BCUT2D eigenvalue weighted by Crippen LogP contribution is -1.92. The number of carbonyl (C=O) groups is 1. The van der Waals surface area contributed by atoms with Crippen molar-refractivity contribution in [1.82, 2.24) is 4.57 Å². The van der Waals surface area contributed by atoms with Crippen LogP contribution in [-0.2, 0) is 7.05 Å². The molecule has 1 aromatic carbocycles. The smallest absolute Gasteiger partial charge is 0.208 e. The Hall–Kier alpha value is -2.03. The van der Waals surface area contributed by atoms with Gasteiger partial charge in [-0.15, -0.1) is 0 Å². The molecule has 0 bridgehead atoms. The molecule has 16 heavy (non-hydrogen) atoms. The molecular weight excluding hydrogens is 202 g/mol. The molecule has 0 aliphatic carbocycles. The van der Waals surface area contributed by atoms with Gasteiger partial charge in [-0.2, -0.15) is 0 Å². The van der Waals surface area contributed by atoms with Crippen LogP contribution in [0.25, 0.3) is 22.1 Å². The molecule has 0 aliphatic heterocycles. The van der Waals surface area contributed by atoms with Gasteiger partial charge in [-0.1, -0.05) is 12.1 Å². The van der Waals surface area contributed by atoms with E-state index in [1.54, 1.807) is 4.57 Å². The average Bonchev–Trinajstić information content (AvgIpc) is 2.75. The number of aldehydes is 1. The zero-order valence-corrected chi connectivity index (χ0v) is 9.15. The predicted molar refractivity (Wildman–Crippen MR) is 62.8 cm³/mol. The molecule has 0 amide bonds. The molecule has 0 fully saturated rings. The molecule has 2 heterocycles. The molecular formula is C13H11NO2. The SMILES string of the molecule is Cc1ccc2c(c1)oc1c2cc(C=O)n1C. The molecule has 0 saturated carbocycles. The third kappa shape index (κ3) is 1.05. The van der Waals surface area contributed by atoms with E-state index in [0.717, 1.165) is 28.4 Å². The molecule has 3 heteroatoms. The first kappa shape index (κ1) is 9.21. The summed E-state index contributed by atoms with van der Waals surface area (Å²) in [6.07, 6.45) is 0.843. The lowest BCUT2D eigenvalue weighted by atomic mass is 10.1. The number of furan rings is 1. The summed E-state index contributed by atoms with van der Waals surface area (Å²) >= 11 is 0. The highest BCUT2D eigenvalue weighted by atomic mass is 16.3. The monoisotopic (exact) mass is 213 g/mol. The fourth-order valence-corrected chi connectivity index (χ4v) is 2.07. The van der Waals surface area contributed by atoms with Gasteiger partial charge in [0.1, 0.15) is 5.58 Å². The minimum absolute atomic E-state index is 0.635. The van der Waals surface area contributed by atoms with Crippen molar-refractivity contribution in [1.29, 1.82) is 0 Å². The second kappa shape index (κ2) is 2.98. The standard InChI is InChI=1S/C13H11NO2/c1-8-3-4-10-11-6-9(7-15)14(2)13(11)16-12(10)5-8/h3-7H,1-2H3. The normalized spacial score (nSPS) is 11.4. The van der Waals surface area contributed by atoms with Crippen LogP contribution in [0.5, 0.6) is 0 Å². The second-order valence-electron chi connectivity index (χ2n) is 4.07. The van der Waals surface area contributed by atoms with Gasteiger partial charge in [-0.3, -0.25) is 4.79 Å². The molecule has 3 rings (SSSR count). The molecule has 0 aliphatic rings. The molecule has 0 atom stereocenters. The Morgan fingerprint density at radius 2 is 2.06 bits per heavy atom. The third-order valence-corrected chi connectivity index (χ3v) is 2.97. The highest BCUT2D eigenvalue weighted by Crippen LogP contribution is 2.30. The first-order valence-electron chi connectivity index (χ1n) is 5.14. The fourth-order valence-electron chi connectivity index (χ4n) is 2.07. The lowest BCUT2D eigenvalue weighted by molar-refractivity contribution is 0.111. The van der Waals surface area contributed by atoms with Crippen LogP contribution in [0.3, 0.4) is 0 Å². The number of aromatic nitrogens is 1. The van der Waals surface area contributed by atoms with Crippen molar-refractivity contribution in [3.05, 3.63) is 35.5 Å². The molecule has 80 valence electrons. The van der Waals surface area contributed by atoms with E-state index in [4.69, 9.17) is 4.42 Å². The van der Waals surface area contributed by atoms with Crippen molar-refractivity contribution >= 4 is 28.4 Å². The molecule has 0 radical (unpaired) electrons. The Labute approximate surface area is 92.3 Å². The lowest BCUT2D eigenvalue weighted by Gasteiger charge is -1.94. The highest BCUT2D eigenvalue weighted by Gasteiger charge is 2.13. The van der Waals surface area contributed by atoms with E-state index in [1.165, 1.54) is 5.56 Å².